The minimum absolute atomic E-state index is 0.0414. The Morgan fingerprint density at radius 1 is 1.16 bits per heavy atom. The highest BCUT2D eigenvalue weighted by molar-refractivity contribution is 4.89. The van der Waals surface area contributed by atoms with Crippen molar-refractivity contribution in [3.05, 3.63) is 0 Å². The lowest BCUT2D eigenvalue weighted by atomic mass is 9.70. The number of alkyl halides is 2. The number of nitrogens with one attached hydrogen (secondary N) is 1. The van der Waals surface area contributed by atoms with Gasteiger partial charge in [-0.2, -0.15) is 0 Å². The summed E-state index contributed by atoms with van der Waals surface area (Å²) < 4.78 is 26.5. The van der Waals surface area contributed by atoms with Crippen molar-refractivity contribution in [2.24, 2.45) is 23.6 Å². The molecule has 0 aliphatic heterocycles. The van der Waals surface area contributed by atoms with Crippen LogP contribution in [0.25, 0.3) is 0 Å². The lowest BCUT2D eigenvalue weighted by molar-refractivity contribution is -0.0534. The molecule has 0 spiro atoms. The van der Waals surface area contributed by atoms with Crippen molar-refractivity contribution in [3.8, 4) is 0 Å². The minimum atomic E-state index is -2.44. The average Bonchev–Trinajstić information content (AvgIpc) is 2.41. The van der Waals surface area contributed by atoms with Crippen LogP contribution in [0.5, 0.6) is 0 Å². The smallest absolute Gasteiger partial charge is 0.248 e. The fourth-order valence-corrected chi connectivity index (χ4v) is 4.11. The van der Waals surface area contributed by atoms with Crippen LogP contribution in [0.1, 0.15) is 64.7 Å². The molecule has 0 saturated heterocycles. The van der Waals surface area contributed by atoms with E-state index in [9.17, 15) is 8.78 Å². The molecule has 2 saturated carbocycles. The Labute approximate surface area is 115 Å². The third kappa shape index (κ3) is 3.88. The standard InChI is InChI=1S/C15H28F2N2/c1-2-11-4-3-5-13(10-11)14(19-18)12-6-8-15(16,17)9-7-12/h11-14,19H,2-10,18H2,1H3. The summed E-state index contributed by atoms with van der Waals surface area (Å²) in [6, 6.07) is 0.241. The van der Waals surface area contributed by atoms with E-state index in [0.29, 0.717) is 24.7 Å². The van der Waals surface area contributed by atoms with Gasteiger partial charge >= 0.3 is 0 Å². The normalized spacial score (nSPS) is 34.1. The zero-order valence-corrected chi connectivity index (χ0v) is 12.0. The number of hydrazine groups is 1. The fraction of sp³-hybridized carbons (Fsp3) is 1.00. The molecule has 0 amide bonds. The Kier molecular flexibility index (Phi) is 5.18. The highest BCUT2D eigenvalue weighted by Crippen LogP contribution is 2.42. The highest BCUT2D eigenvalue weighted by atomic mass is 19.3. The van der Waals surface area contributed by atoms with Gasteiger partial charge in [0.25, 0.3) is 0 Å². The first-order valence-electron chi connectivity index (χ1n) is 7.89. The summed E-state index contributed by atoms with van der Waals surface area (Å²) >= 11 is 0. The summed E-state index contributed by atoms with van der Waals surface area (Å²) in [5.41, 5.74) is 2.97. The van der Waals surface area contributed by atoms with Crippen LogP contribution < -0.4 is 11.3 Å². The molecule has 3 unspecified atom stereocenters. The molecule has 2 fully saturated rings. The molecule has 0 radical (unpaired) electrons. The molecule has 2 rings (SSSR count). The van der Waals surface area contributed by atoms with Crippen molar-refractivity contribution in [3.63, 3.8) is 0 Å². The van der Waals surface area contributed by atoms with Gasteiger partial charge in [-0.3, -0.25) is 11.3 Å². The third-order valence-corrected chi connectivity index (χ3v) is 5.37. The molecule has 0 aromatic heterocycles. The van der Waals surface area contributed by atoms with Gasteiger partial charge in [0, 0.05) is 18.9 Å². The second kappa shape index (κ2) is 6.49. The summed E-state index contributed by atoms with van der Waals surface area (Å²) in [4.78, 5) is 0. The van der Waals surface area contributed by atoms with Crippen LogP contribution in [0, 0.1) is 17.8 Å². The van der Waals surface area contributed by atoms with Gasteiger partial charge in [-0.15, -0.1) is 0 Å². The first-order valence-corrected chi connectivity index (χ1v) is 7.89. The Hall–Kier alpha value is -0.220. The van der Waals surface area contributed by atoms with Gasteiger partial charge in [0.1, 0.15) is 0 Å². The summed E-state index contributed by atoms with van der Waals surface area (Å²) in [5, 5.41) is 0. The quantitative estimate of drug-likeness (QED) is 0.603. The topological polar surface area (TPSA) is 38.0 Å². The predicted molar refractivity (Wildman–Crippen MR) is 73.8 cm³/mol. The van der Waals surface area contributed by atoms with Gasteiger partial charge in [-0.25, -0.2) is 8.78 Å². The van der Waals surface area contributed by atoms with Gasteiger partial charge in [-0.05, 0) is 43.4 Å². The van der Waals surface area contributed by atoms with Gasteiger partial charge in [0.05, 0.1) is 0 Å². The number of nitrogens with two attached hydrogens (primary N) is 1. The van der Waals surface area contributed by atoms with Crippen molar-refractivity contribution in [2.45, 2.75) is 76.7 Å². The van der Waals surface area contributed by atoms with E-state index >= 15 is 0 Å². The fourth-order valence-electron chi connectivity index (χ4n) is 4.11. The molecule has 4 heteroatoms. The van der Waals surface area contributed by atoms with Crippen LogP contribution in [-0.2, 0) is 0 Å². The minimum Gasteiger partial charge on any atom is -0.271 e. The van der Waals surface area contributed by atoms with E-state index < -0.39 is 5.92 Å². The SMILES string of the molecule is CCC1CCCC(C(NN)C2CCC(F)(F)CC2)C1. The molecule has 2 aliphatic rings. The molecular weight excluding hydrogens is 246 g/mol. The molecule has 3 N–H and O–H groups in total. The van der Waals surface area contributed by atoms with Crippen LogP contribution in [-0.4, -0.2) is 12.0 Å². The summed E-state index contributed by atoms with van der Waals surface area (Å²) in [6.45, 7) is 2.25. The Bertz CT molecular complexity index is 273. The van der Waals surface area contributed by atoms with E-state index in [1.54, 1.807) is 0 Å². The van der Waals surface area contributed by atoms with Crippen molar-refractivity contribution < 1.29 is 8.78 Å². The Morgan fingerprint density at radius 3 is 2.42 bits per heavy atom. The molecule has 0 aromatic rings. The van der Waals surface area contributed by atoms with E-state index in [1.807, 2.05) is 0 Å². The second-order valence-corrected chi connectivity index (χ2v) is 6.59. The molecule has 19 heavy (non-hydrogen) atoms. The number of halogens is 2. The maximum Gasteiger partial charge on any atom is 0.248 e. The first-order chi connectivity index (χ1) is 9.05. The van der Waals surface area contributed by atoms with E-state index in [1.165, 1.54) is 32.1 Å². The van der Waals surface area contributed by atoms with Crippen LogP contribution in [0.4, 0.5) is 8.78 Å². The van der Waals surface area contributed by atoms with Gasteiger partial charge in [0.15, 0.2) is 0 Å². The predicted octanol–water partition coefficient (Wildman–Crippen LogP) is 3.86. The molecular formula is C15H28F2N2. The highest BCUT2D eigenvalue weighted by Gasteiger charge is 2.40. The zero-order valence-electron chi connectivity index (χ0n) is 12.0. The van der Waals surface area contributed by atoms with Crippen LogP contribution in [0.15, 0.2) is 0 Å². The van der Waals surface area contributed by atoms with Crippen LogP contribution in [0.2, 0.25) is 0 Å². The number of hydrogen-bond donors (Lipinski definition) is 2. The molecule has 112 valence electrons. The summed E-state index contributed by atoms with van der Waals surface area (Å²) in [7, 11) is 0. The summed E-state index contributed by atoms with van der Waals surface area (Å²) in [6.07, 6.45) is 7.58. The van der Waals surface area contributed by atoms with Gasteiger partial charge in [-0.1, -0.05) is 26.2 Å². The van der Waals surface area contributed by atoms with E-state index in [-0.39, 0.29) is 18.9 Å². The maximum absolute atomic E-state index is 13.3. The molecule has 0 aromatic carbocycles. The van der Waals surface area contributed by atoms with Crippen molar-refractivity contribution in [2.75, 3.05) is 0 Å². The first kappa shape index (κ1) is 15.2. The van der Waals surface area contributed by atoms with E-state index in [2.05, 4.69) is 12.3 Å². The van der Waals surface area contributed by atoms with Crippen molar-refractivity contribution in [1.29, 1.82) is 0 Å². The van der Waals surface area contributed by atoms with Gasteiger partial charge < -0.3 is 0 Å². The largest absolute Gasteiger partial charge is 0.271 e. The molecule has 0 bridgehead atoms. The lowest BCUT2D eigenvalue weighted by Crippen LogP contribution is -2.49. The molecule has 2 aliphatic carbocycles. The van der Waals surface area contributed by atoms with Crippen LogP contribution in [0.3, 0.4) is 0 Å². The number of rotatable bonds is 4. The average molecular weight is 274 g/mol. The van der Waals surface area contributed by atoms with Crippen molar-refractivity contribution in [1.82, 2.24) is 5.43 Å². The zero-order chi connectivity index (χ0) is 13.9. The summed E-state index contributed by atoms with van der Waals surface area (Å²) in [5.74, 6) is 5.04. The Morgan fingerprint density at radius 2 is 1.84 bits per heavy atom. The molecule has 3 atom stereocenters. The molecule has 0 heterocycles. The maximum atomic E-state index is 13.3. The Balaban J connectivity index is 1.92. The van der Waals surface area contributed by atoms with Crippen molar-refractivity contribution >= 4 is 0 Å². The monoisotopic (exact) mass is 274 g/mol. The molecule has 2 nitrogen and oxygen atoms in total. The lowest BCUT2D eigenvalue weighted by Gasteiger charge is -2.40. The van der Waals surface area contributed by atoms with Gasteiger partial charge in [0.2, 0.25) is 5.92 Å². The van der Waals surface area contributed by atoms with E-state index in [0.717, 1.165) is 5.92 Å². The number of hydrogen-bond acceptors (Lipinski definition) is 2. The van der Waals surface area contributed by atoms with Crippen LogP contribution >= 0.6 is 0 Å². The van der Waals surface area contributed by atoms with E-state index in [4.69, 9.17) is 5.84 Å². The third-order valence-electron chi connectivity index (χ3n) is 5.37. The second-order valence-electron chi connectivity index (χ2n) is 6.59.